The van der Waals surface area contributed by atoms with E-state index in [2.05, 4.69) is 0 Å². The Hall–Kier alpha value is -0.670. The highest BCUT2D eigenvalue weighted by molar-refractivity contribution is 5.64. The van der Waals surface area contributed by atoms with Crippen molar-refractivity contribution in [2.24, 2.45) is 5.41 Å². The molecule has 0 saturated carbocycles. The monoisotopic (exact) mass is 170 g/mol. The highest BCUT2D eigenvalue weighted by atomic mass is 16.7. The third kappa shape index (κ3) is 2.16. The van der Waals surface area contributed by atoms with E-state index in [-0.39, 0.29) is 11.7 Å². The molecule has 3 nitrogen and oxygen atoms in total. The van der Waals surface area contributed by atoms with Crippen molar-refractivity contribution in [2.75, 3.05) is 13.2 Å². The largest absolute Gasteiger partial charge is 0.349 e. The van der Waals surface area contributed by atoms with Crippen molar-refractivity contribution < 1.29 is 14.3 Å². The minimum absolute atomic E-state index is 0.214. The Morgan fingerprint density at radius 2 is 1.92 bits per heavy atom. The maximum absolute atomic E-state index is 10.1. The first-order chi connectivity index (χ1) is 5.67. The smallest absolute Gasteiger partial charge is 0.166 e. The summed E-state index contributed by atoms with van der Waals surface area (Å²) in [4.78, 5) is 10.1. The standard InChI is InChI=1S/C9H14O3/c1-9(2,4-3-5-10)8-11-6-7-12-8/h3-5,8H,6-7H2,1-2H3/b4-3+. The molecule has 0 amide bonds. The molecule has 0 aromatic heterocycles. The average molecular weight is 170 g/mol. The average Bonchev–Trinajstić information content (AvgIpc) is 2.53. The summed E-state index contributed by atoms with van der Waals surface area (Å²) < 4.78 is 10.7. The molecule has 1 saturated heterocycles. The Bertz CT molecular complexity index is 178. The summed E-state index contributed by atoms with van der Waals surface area (Å²) in [6, 6.07) is 0. The molecule has 1 aliphatic rings. The molecule has 1 aliphatic heterocycles. The fraction of sp³-hybridized carbons (Fsp3) is 0.667. The molecule has 68 valence electrons. The van der Waals surface area contributed by atoms with Gasteiger partial charge >= 0.3 is 0 Å². The van der Waals surface area contributed by atoms with Crippen LogP contribution in [0.4, 0.5) is 0 Å². The van der Waals surface area contributed by atoms with E-state index >= 15 is 0 Å². The Labute approximate surface area is 72.4 Å². The Kier molecular flexibility index (Phi) is 3.00. The Morgan fingerprint density at radius 1 is 1.33 bits per heavy atom. The van der Waals surface area contributed by atoms with Gasteiger partial charge in [0.1, 0.15) is 6.29 Å². The summed E-state index contributed by atoms with van der Waals surface area (Å²) in [6.07, 6.45) is 3.83. The van der Waals surface area contributed by atoms with E-state index in [4.69, 9.17) is 9.47 Å². The van der Waals surface area contributed by atoms with E-state index in [9.17, 15) is 4.79 Å². The third-order valence-corrected chi connectivity index (χ3v) is 1.83. The van der Waals surface area contributed by atoms with E-state index in [1.165, 1.54) is 6.08 Å². The molecule has 0 spiro atoms. The predicted octanol–water partition coefficient (Wildman–Crippen LogP) is 1.14. The van der Waals surface area contributed by atoms with Crippen LogP contribution in [-0.4, -0.2) is 25.8 Å². The highest BCUT2D eigenvalue weighted by Crippen LogP contribution is 2.28. The van der Waals surface area contributed by atoms with Gasteiger partial charge < -0.3 is 9.47 Å². The molecule has 0 aromatic rings. The molecule has 3 heteroatoms. The SMILES string of the molecule is CC(C)(/C=C/C=O)C1OCCO1. The Balaban J connectivity index is 2.56. The maximum atomic E-state index is 10.1. The number of allylic oxidation sites excluding steroid dienone is 1. The van der Waals surface area contributed by atoms with Crippen molar-refractivity contribution in [1.29, 1.82) is 0 Å². The summed E-state index contributed by atoms with van der Waals surface area (Å²) >= 11 is 0. The van der Waals surface area contributed by atoms with E-state index in [0.29, 0.717) is 13.2 Å². The highest BCUT2D eigenvalue weighted by Gasteiger charge is 2.31. The van der Waals surface area contributed by atoms with Gasteiger partial charge in [0, 0.05) is 5.41 Å². The van der Waals surface area contributed by atoms with Crippen LogP contribution in [0.15, 0.2) is 12.2 Å². The second kappa shape index (κ2) is 3.83. The number of hydrogen-bond acceptors (Lipinski definition) is 3. The van der Waals surface area contributed by atoms with Crippen LogP contribution in [0.25, 0.3) is 0 Å². The molecule has 12 heavy (non-hydrogen) atoms. The molecule has 0 unspecified atom stereocenters. The molecular formula is C9H14O3. The van der Waals surface area contributed by atoms with Gasteiger partial charge in [0.2, 0.25) is 0 Å². The number of rotatable bonds is 3. The molecule has 0 aliphatic carbocycles. The summed E-state index contributed by atoms with van der Waals surface area (Å²) in [5.74, 6) is 0. The van der Waals surface area contributed by atoms with Gasteiger partial charge in [-0.15, -0.1) is 0 Å². The molecular weight excluding hydrogens is 156 g/mol. The lowest BCUT2D eigenvalue weighted by atomic mass is 9.92. The first-order valence-electron chi connectivity index (χ1n) is 4.03. The molecule has 1 fully saturated rings. The lowest BCUT2D eigenvalue weighted by Gasteiger charge is -2.25. The van der Waals surface area contributed by atoms with Crippen molar-refractivity contribution in [3.8, 4) is 0 Å². The van der Waals surface area contributed by atoms with Crippen molar-refractivity contribution in [3.05, 3.63) is 12.2 Å². The molecule has 0 N–H and O–H groups in total. The van der Waals surface area contributed by atoms with Gasteiger partial charge in [-0.3, -0.25) is 4.79 Å². The van der Waals surface area contributed by atoms with E-state index < -0.39 is 0 Å². The topological polar surface area (TPSA) is 35.5 Å². The molecule has 0 atom stereocenters. The first kappa shape index (κ1) is 9.42. The summed E-state index contributed by atoms with van der Waals surface area (Å²) in [7, 11) is 0. The zero-order valence-electron chi connectivity index (χ0n) is 7.45. The van der Waals surface area contributed by atoms with Crippen LogP contribution in [0.5, 0.6) is 0 Å². The fourth-order valence-corrected chi connectivity index (χ4v) is 1.15. The number of aldehydes is 1. The lowest BCUT2D eigenvalue weighted by molar-refractivity contribution is -0.105. The number of carbonyl (C=O) groups excluding carboxylic acids is 1. The molecule has 0 radical (unpaired) electrons. The van der Waals surface area contributed by atoms with E-state index in [0.717, 1.165) is 6.29 Å². The second-order valence-corrected chi connectivity index (χ2v) is 3.39. The van der Waals surface area contributed by atoms with Crippen LogP contribution in [0.1, 0.15) is 13.8 Å². The van der Waals surface area contributed by atoms with Gasteiger partial charge in [-0.1, -0.05) is 19.9 Å². The number of ether oxygens (including phenoxy) is 2. The predicted molar refractivity (Wildman–Crippen MR) is 44.7 cm³/mol. The van der Waals surface area contributed by atoms with Gasteiger partial charge in [0.25, 0.3) is 0 Å². The lowest BCUT2D eigenvalue weighted by Crippen LogP contribution is -2.28. The van der Waals surface area contributed by atoms with E-state index in [1.54, 1.807) is 6.08 Å². The number of hydrogen-bond donors (Lipinski definition) is 0. The summed E-state index contributed by atoms with van der Waals surface area (Å²) in [5, 5.41) is 0. The van der Waals surface area contributed by atoms with Crippen LogP contribution in [0.2, 0.25) is 0 Å². The minimum atomic E-state index is -0.225. The van der Waals surface area contributed by atoms with E-state index in [1.807, 2.05) is 13.8 Å². The van der Waals surface area contributed by atoms with Gasteiger partial charge in [-0.25, -0.2) is 0 Å². The zero-order valence-corrected chi connectivity index (χ0v) is 7.45. The Morgan fingerprint density at radius 3 is 2.42 bits per heavy atom. The normalized spacial score (nSPS) is 20.5. The van der Waals surface area contributed by atoms with Gasteiger partial charge in [0.15, 0.2) is 6.29 Å². The van der Waals surface area contributed by atoms with Crippen LogP contribution >= 0.6 is 0 Å². The molecule has 0 aromatic carbocycles. The fourth-order valence-electron chi connectivity index (χ4n) is 1.15. The van der Waals surface area contributed by atoms with Crippen molar-refractivity contribution in [2.45, 2.75) is 20.1 Å². The first-order valence-corrected chi connectivity index (χ1v) is 4.03. The van der Waals surface area contributed by atoms with Gasteiger partial charge in [-0.05, 0) is 6.08 Å². The van der Waals surface area contributed by atoms with Crippen LogP contribution in [0.3, 0.4) is 0 Å². The molecule has 0 bridgehead atoms. The second-order valence-electron chi connectivity index (χ2n) is 3.39. The molecule has 1 rings (SSSR count). The van der Waals surface area contributed by atoms with Crippen LogP contribution < -0.4 is 0 Å². The zero-order chi connectivity index (χ0) is 9.03. The maximum Gasteiger partial charge on any atom is 0.166 e. The molecule has 1 heterocycles. The summed E-state index contributed by atoms with van der Waals surface area (Å²) in [5.41, 5.74) is -0.225. The van der Waals surface area contributed by atoms with Crippen LogP contribution in [0, 0.1) is 5.41 Å². The van der Waals surface area contributed by atoms with Gasteiger partial charge in [-0.2, -0.15) is 0 Å². The van der Waals surface area contributed by atoms with Crippen molar-refractivity contribution in [1.82, 2.24) is 0 Å². The van der Waals surface area contributed by atoms with Crippen molar-refractivity contribution >= 4 is 6.29 Å². The summed E-state index contributed by atoms with van der Waals surface area (Å²) in [6.45, 7) is 5.23. The minimum Gasteiger partial charge on any atom is -0.349 e. The van der Waals surface area contributed by atoms with Crippen LogP contribution in [-0.2, 0) is 14.3 Å². The van der Waals surface area contributed by atoms with Gasteiger partial charge in [0.05, 0.1) is 13.2 Å². The quantitative estimate of drug-likeness (QED) is 0.470. The third-order valence-electron chi connectivity index (χ3n) is 1.83. The van der Waals surface area contributed by atoms with Crippen molar-refractivity contribution in [3.63, 3.8) is 0 Å². The number of carbonyl (C=O) groups is 1.